The summed E-state index contributed by atoms with van der Waals surface area (Å²) in [5.41, 5.74) is 6.81. The van der Waals surface area contributed by atoms with Crippen molar-refractivity contribution in [2.75, 3.05) is 14.2 Å². The Morgan fingerprint density at radius 1 is 1.44 bits per heavy atom. The molecule has 0 unspecified atom stereocenters. The molecule has 0 bridgehead atoms. The molecule has 1 aromatic heterocycles. The van der Waals surface area contributed by atoms with Gasteiger partial charge in [-0.2, -0.15) is 0 Å². The third kappa shape index (κ3) is 2.70. The summed E-state index contributed by atoms with van der Waals surface area (Å²) in [6.07, 6.45) is 1.67. The number of hydrogen-bond donors (Lipinski definition) is 1. The average molecular weight is 223 g/mol. The van der Waals surface area contributed by atoms with Crippen molar-refractivity contribution in [3.8, 4) is 0 Å². The van der Waals surface area contributed by atoms with Gasteiger partial charge in [0.15, 0.2) is 5.84 Å². The Hall–Kier alpha value is -1.62. The number of rotatable bonds is 4. The van der Waals surface area contributed by atoms with E-state index in [9.17, 15) is 0 Å². The van der Waals surface area contributed by atoms with Crippen molar-refractivity contribution in [3.63, 3.8) is 0 Å². The Morgan fingerprint density at radius 2 is 2.12 bits per heavy atom. The summed E-state index contributed by atoms with van der Waals surface area (Å²) < 4.78 is 5.34. The van der Waals surface area contributed by atoms with E-state index in [1.54, 1.807) is 19.4 Å². The van der Waals surface area contributed by atoms with E-state index in [1.165, 1.54) is 7.11 Å². The Labute approximate surface area is 95.3 Å². The third-order valence-electron chi connectivity index (χ3n) is 2.37. The van der Waals surface area contributed by atoms with Gasteiger partial charge in [0.1, 0.15) is 12.7 Å². The molecule has 0 aliphatic heterocycles. The fourth-order valence-corrected chi connectivity index (χ4v) is 1.17. The van der Waals surface area contributed by atoms with Gasteiger partial charge >= 0.3 is 0 Å². The van der Waals surface area contributed by atoms with E-state index >= 15 is 0 Å². The number of pyridine rings is 1. The average Bonchev–Trinajstić information content (AvgIpc) is 2.29. The number of methoxy groups -OCH3 is 1. The zero-order valence-corrected chi connectivity index (χ0v) is 10.0. The number of aromatic nitrogens is 1. The van der Waals surface area contributed by atoms with E-state index < -0.39 is 5.60 Å². The van der Waals surface area contributed by atoms with Crippen LogP contribution in [-0.4, -0.2) is 25.0 Å². The molecule has 0 fully saturated rings. The highest BCUT2D eigenvalue weighted by molar-refractivity contribution is 5.97. The molecule has 16 heavy (non-hydrogen) atoms. The summed E-state index contributed by atoms with van der Waals surface area (Å²) in [6.45, 7) is 3.87. The fourth-order valence-electron chi connectivity index (χ4n) is 1.17. The number of nitrogens with two attached hydrogens (primary N) is 1. The predicted molar refractivity (Wildman–Crippen MR) is 62.0 cm³/mol. The second kappa shape index (κ2) is 4.94. The van der Waals surface area contributed by atoms with Gasteiger partial charge in [0.25, 0.3) is 0 Å². The highest BCUT2D eigenvalue weighted by Crippen LogP contribution is 2.21. The molecular weight excluding hydrogens is 206 g/mol. The van der Waals surface area contributed by atoms with Gasteiger partial charge in [0.05, 0.1) is 5.69 Å². The highest BCUT2D eigenvalue weighted by Gasteiger charge is 2.21. The van der Waals surface area contributed by atoms with E-state index in [0.29, 0.717) is 5.84 Å². The lowest BCUT2D eigenvalue weighted by atomic mass is 10.0. The van der Waals surface area contributed by atoms with E-state index in [2.05, 4.69) is 15.0 Å². The lowest BCUT2D eigenvalue weighted by Crippen LogP contribution is -2.22. The first-order valence-corrected chi connectivity index (χ1v) is 4.90. The minimum atomic E-state index is -0.455. The SMILES string of the molecule is CO/N=C(\N)c1ccnc(C(C)(C)OC)c1. The van der Waals surface area contributed by atoms with Gasteiger partial charge in [-0.1, -0.05) is 5.16 Å². The van der Waals surface area contributed by atoms with Crippen molar-refractivity contribution in [1.82, 2.24) is 4.98 Å². The Morgan fingerprint density at radius 3 is 2.69 bits per heavy atom. The van der Waals surface area contributed by atoms with Crippen molar-refractivity contribution in [2.45, 2.75) is 19.4 Å². The number of ether oxygens (including phenoxy) is 1. The highest BCUT2D eigenvalue weighted by atomic mass is 16.6. The monoisotopic (exact) mass is 223 g/mol. The first kappa shape index (κ1) is 12.4. The van der Waals surface area contributed by atoms with Gasteiger partial charge in [-0.15, -0.1) is 0 Å². The summed E-state index contributed by atoms with van der Waals surface area (Å²) in [6, 6.07) is 3.61. The van der Waals surface area contributed by atoms with Crippen LogP contribution in [0, 0.1) is 0 Å². The normalized spacial score (nSPS) is 12.6. The number of nitrogens with zero attached hydrogens (tertiary/aromatic N) is 2. The van der Waals surface area contributed by atoms with Gasteiger partial charge in [-0.3, -0.25) is 4.98 Å². The van der Waals surface area contributed by atoms with E-state index in [1.807, 2.05) is 19.9 Å². The van der Waals surface area contributed by atoms with Crippen molar-refractivity contribution in [2.24, 2.45) is 10.9 Å². The minimum Gasteiger partial charge on any atom is -0.397 e. The molecule has 1 rings (SSSR count). The molecule has 0 spiro atoms. The predicted octanol–water partition coefficient (Wildman–Crippen LogP) is 1.23. The van der Waals surface area contributed by atoms with Gasteiger partial charge in [-0.25, -0.2) is 0 Å². The zero-order chi connectivity index (χ0) is 12.2. The maximum Gasteiger partial charge on any atom is 0.170 e. The smallest absolute Gasteiger partial charge is 0.170 e. The molecule has 88 valence electrons. The van der Waals surface area contributed by atoms with Gasteiger partial charge in [0.2, 0.25) is 0 Å². The molecular formula is C11H17N3O2. The van der Waals surface area contributed by atoms with Crippen LogP contribution in [0.3, 0.4) is 0 Å². The van der Waals surface area contributed by atoms with Crippen molar-refractivity contribution >= 4 is 5.84 Å². The largest absolute Gasteiger partial charge is 0.397 e. The maximum atomic E-state index is 5.72. The Kier molecular flexibility index (Phi) is 3.84. The first-order valence-electron chi connectivity index (χ1n) is 4.90. The zero-order valence-electron chi connectivity index (χ0n) is 10.0. The van der Waals surface area contributed by atoms with Crippen LogP contribution in [0.15, 0.2) is 23.5 Å². The molecule has 0 aromatic carbocycles. The van der Waals surface area contributed by atoms with Crippen LogP contribution in [0.2, 0.25) is 0 Å². The minimum absolute atomic E-state index is 0.318. The quantitative estimate of drug-likeness (QED) is 0.473. The second-order valence-electron chi connectivity index (χ2n) is 3.80. The molecule has 5 heteroatoms. The van der Waals surface area contributed by atoms with E-state index in [0.717, 1.165) is 11.3 Å². The molecule has 0 radical (unpaired) electrons. The topological polar surface area (TPSA) is 69.7 Å². The van der Waals surface area contributed by atoms with Crippen LogP contribution in [0.1, 0.15) is 25.1 Å². The van der Waals surface area contributed by atoms with Crippen LogP contribution < -0.4 is 5.73 Å². The van der Waals surface area contributed by atoms with Crippen LogP contribution in [0.4, 0.5) is 0 Å². The number of hydrogen-bond acceptors (Lipinski definition) is 4. The number of oxime groups is 1. The first-order chi connectivity index (χ1) is 7.51. The van der Waals surface area contributed by atoms with Crippen molar-refractivity contribution in [1.29, 1.82) is 0 Å². The summed E-state index contributed by atoms with van der Waals surface area (Å²) in [4.78, 5) is 8.87. The molecule has 0 amide bonds. The molecule has 0 atom stereocenters. The van der Waals surface area contributed by atoms with E-state index in [-0.39, 0.29) is 0 Å². The summed E-state index contributed by atoms with van der Waals surface area (Å²) in [5.74, 6) is 0.318. The summed E-state index contributed by atoms with van der Waals surface area (Å²) in [5, 5.41) is 3.67. The van der Waals surface area contributed by atoms with Crippen LogP contribution in [0.5, 0.6) is 0 Å². The van der Waals surface area contributed by atoms with Gasteiger partial charge in [0, 0.05) is 18.9 Å². The molecule has 1 aromatic rings. The van der Waals surface area contributed by atoms with Gasteiger partial charge in [-0.05, 0) is 26.0 Å². The second-order valence-corrected chi connectivity index (χ2v) is 3.80. The third-order valence-corrected chi connectivity index (χ3v) is 2.37. The molecule has 5 nitrogen and oxygen atoms in total. The molecule has 0 aliphatic rings. The van der Waals surface area contributed by atoms with Crippen LogP contribution in [0.25, 0.3) is 0 Å². The van der Waals surface area contributed by atoms with Crippen molar-refractivity contribution in [3.05, 3.63) is 29.6 Å². The Bertz CT molecular complexity index is 389. The van der Waals surface area contributed by atoms with Gasteiger partial charge < -0.3 is 15.3 Å². The molecule has 2 N–H and O–H groups in total. The lowest BCUT2D eigenvalue weighted by Gasteiger charge is -2.22. The van der Waals surface area contributed by atoms with Crippen LogP contribution in [-0.2, 0) is 15.2 Å². The molecule has 0 saturated carbocycles. The Balaban J connectivity index is 3.09. The number of amidine groups is 1. The maximum absolute atomic E-state index is 5.72. The standard InChI is InChI=1S/C11H17N3O2/c1-11(2,15-3)9-7-8(5-6-13-9)10(12)14-16-4/h5-7H,1-4H3,(H2,12,14). The molecule has 0 saturated heterocycles. The van der Waals surface area contributed by atoms with E-state index in [4.69, 9.17) is 10.5 Å². The fraction of sp³-hybridized carbons (Fsp3) is 0.455. The summed E-state index contributed by atoms with van der Waals surface area (Å²) in [7, 11) is 3.09. The van der Waals surface area contributed by atoms with Crippen LogP contribution >= 0.6 is 0 Å². The molecule has 1 heterocycles. The van der Waals surface area contributed by atoms with Crippen molar-refractivity contribution < 1.29 is 9.57 Å². The lowest BCUT2D eigenvalue weighted by molar-refractivity contribution is 0.0155. The summed E-state index contributed by atoms with van der Waals surface area (Å²) >= 11 is 0. The molecule has 0 aliphatic carbocycles.